The number of aromatic nitrogens is 3. The zero-order chi connectivity index (χ0) is 29.1. The predicted molar refractivity (Wildman–Crippen MR) is 153 cm³/mol. The molecule has 3 heterocycles. The van der Waals surface area contributed by atoms with Crippen LogP contribution >= 0.6 is 0 Å². The number of ether oxygens (including phenoxy) is 3. The van der Waals surface area contributed by atoms with Crippen LogP contribution in [0.25, 0.3) is 11.0 Å². The maximum Gasteiger partial charge on any atom is 0.410 e. The van der Waals surface area contributed by atoms with E-state index in [9.17, 15) is 14.7 Å². The van der Waals surface area contributed by atoms with Crippen LogP contribution in [0.1, 0.15) is 43.1 Å². The lowest BCUT2D eigenvalue weighted by molar-refractivity contribution is 0.0293. The largest absolute Gasteiger partial charge is 0.497 e. The number of methoxy groups -OCH3 is 1. The standard InChI is InChI=1S/C30H33N5O6/c1-30(2,3)41-29(38)34-15-13-21(18-34)32-26-25-24(40-23-7-5-6-20(16-23)28(36)37)12-14-31-27(25)35(33-26)17-19-8-10-22(39-4)11-9-19/h5-12,14,16,21H,13,15,17-18H2,1-4H3,(H,32,33)(H,36,37)/t21-/m0/s1. The molecule has 5 rings (SSSR count). The minimum atomic E-state index is -1.04. The summed E-state index contributed by atoms with van der Waals surface area (Å²) in [6, 6.07) is 15.7. The molecule has 214 valence electrons. The number of carbonyl (C=O) groups is 2. The Kier molecular flexibility index (Phi) is 7.69. The summed E-state index contributed by atoms with van der Waals surface area (Å²) >= 11 is 0. The molecule has 0 spiro atoms. The van der Waals surface area contributed by atoms with Crippen LogP contribution in [0.5, 0.6) is 17.2 Å². The van der Waals surface area contributed by atoms with E-state index in [0.717, 1.165) is 11.3 Å². The van der Waals surface area contributed by atoms with E-state index in [1.165, 1.54) is 12.1 Å². The first-order chi connectivity index (χ1) is 19.6. The Balaban J connectivity index is 1.47. The number of hydrogen-bond acceptors (Lipinski definition) is 8. The molecule has 0 radical (unpaired) electrons. The first-order valence-corrected chi connectivity index (χ1v) is 13.3. The number of aromatic carboxylic acids is 1. The minimum absolute atomic E-state index is 0.0709. The van der Waals surface area contributed by atoms with Crippen molar-refractivity contribution in [2.45, 2.75) is 45.4 Å². The highest BCUT2D eigenvalue weighted by Crippen LogP contribution is 2.35. The summed E-state index contributed by atoms with van der Waals surface area (Å²) in [5.41, 5.74) is 1.14. The van der Waals surface area contributed by atoms with Crippen molar-refractivity contribution in [3.63, 3.8) is 0 Å². The molecule has 11 heteroatoms. The van der Waals surface area contributed by atoms with Crippen molar-refractivity contribution >= 4 is 28.9 Å². The molecule has 11 nitrogen and oxygen atoms in total. The summed E-state index contributed by atoms with van der Waals surface area (Å²) in [5, 5.41) is 18.4. The number of likely N-dealkylation sites (tertiary alicyclic amines) is 1. The van der Waals surface area contributed by atoms with E-state index in [1.54, 1.807) is 41.1 Å². The molecular weight excluding hydrogens is 526 g/mol. The quantitative estimate of drug-likeness (QED) is 0.292. The molecule has 1 aliphatic rings. The van der Waals surface area contributed by atoms with Gasteiger partial charge in [0, 0.05) is 31.4 Å². The van der Waals surface area contributed by atoms with Gasteiger partial charge in [0.05, 0.1) is 19.2 Å². The van der Waals surface area contributed by atoms with Gasteiger partial charge in [-0.1, -0.05) is 18.2 Å². The number of rotatable bonds is 8. The van der Waals surface area contributed by atoms with Crippen LogP contribution < -0.4 is 14.8 Å². The highest BCUT2D eigenvalue weighted by molar-refractivity contribution is 5.94. The minimum Gasteiger partial charge on any atom is -0.497 e. The lowest BCUT2D eigenvalue weighted by atomic mass is 10.2. The first kappa shape index (κ1) is 27.8. The molecular formula is C30H33N5O6. The molecule has 0 aliphatic carbocycles. The topological polar surface area (TPSA) is 128 Å². The highest BCUT2D eigenvalue weighted by atomic mass is 16.6. The summed E-state index contributed by atoms with van der Waals surface area (Å²) in [4.78, 5) is 30.4. The normalized spacial score (nSPS) is 15.1. The van der Waals surface area contributed by atoms with Gasteiger partial charge in [0.1, 0.15) is 28.2 Å². The molecule has 0 unspecified atom stereocenters. The molecule has 1 saturated heterocycles. The van der Waals surface area contributed by atoms with Crippen LogP contribution in [-0.4, -0.2) is 68.7 Å². The van der Waals surface area contributed by atoms with E-state index < -0.39 is 11.6 Å². The van der Waals surface area contributed by atoms with Crippen molar-refractivity contribution in [1.29, 1.82) is 0 Å². The number of hydrogen-bond donors (Lipinski definition) is 2. The van der Waals surface area contributed by atoms with Gasteiger partial charge in [0.2, 0.25) is 0 Å². The van der Waals surface area contributed by atoms with Gasteiger partial charge in [-0.05, 0) is 63.1 Å². The van der Waals surface area contributed by atoms with E-state index in [2.05, 4.69) is 10.3 Å². The van der Waals surface area contributed by atoms with Gasteiger partial charge in [-0.25, -0.2) is 19.3 Å². The Labute approximate surface area is 237 Å². The third kappa shape index (κ3) is 6.51. The maximum absolute atomic E-state index is 12.6. The fourth-order valence-corrected chi connectivity index (χ4v) is 4.65. The van der Waals surface area contributed by atoms with Gasteiger partial charge in [-0.2, -0.15) is 5.10 Å². The molecule has 1 atom stereocenters. The van der Waals surface area contributed by atoms with Crippen molar-refractivity contribution < 1.29 is 28.9 Å². The molecule has 4 aromatic rings. The van der Waals surface area contributed by atoms with Crippen LogP contribution in [0.15, 0.2) is 60.8 Å². The van der Waals surface area contributed by atoms with Gasteiger partial charge in [-0.3, -0.25) is 0 Å². The maximum atomic E-state index is 12.6. The molecule has 2 N–H and O–H groups in total. The van der Waals surface area contributed by atoms with Gasteiger partial charge in [0.15, 0.2) is 11.5 Å². The number of anilines is 1. The Morgan fingerprint density at radius 3 is 2.59 bits per heavy atom. The second-order valence-electron chi connectivity index (χ2n) is 10.9. The van der Waals surface area contributed by atoms with E-state index in [4.69, 9.17) is 19.3 Å². The number of fused-ring (bicyclic) bond motifs is 1. The van der Waals surface area contributed by atoms with Gasteiger partial charge in [-0.15, -0.1) is 0 Å². The second kappa shape index (κ2) is 11.4. The Morgan fingerprint density at radius 1 is 1.10 bits per heavy atom. The number of carboxylic acid groups (broad SMARTS) is 1. The summed E-state index contributed by atoms with van der Waals surface area (Å²) in [7, 11) is 1.62. The third-order valence-electron chi connectivity index (χ3n) is 6.58. The summed E-state index contributed by atoms with van der Waals surface area (Å²) in [6.45, 7) is 7.00. The Bertz CT molecular complexity index is 1560. The van der Waals surface area contributed by atoms with E-state index in [0.29, 0.717) is 54.4 Å². The number of nitrogens with zero attached hydrogens (tertiary/aromatic N) is 4. The Hall–Kier alpha value is -4.80. The van der Waals surface area contributed by atoms with Crippen LogP contribution in [-0.2, 0) is 11.3 Å². The van der Waals surface area contributed by atoms with Crippen molar-refractivity contribution in [2.75, 3.05) is 25.5 Å². The molecule has 1 amide bonds. The molecule has 2 aromatic heterocycles. The number of benzene rings is 2. The summed E-state index contributed by atoms with van der Waals surface area (Å²) in [5.74, 6) is 1.13. The summed E-state index contributed by atoms with van der Waals surface area (Å²) < 4.78 is 18.8. The number of nitrogens with one attached hydrogen (secondary N) is 1. The average Bonchev–Trinajstić information content (AvgIpc) is 3.54. The van der Waals surface area contributed by atoms with Crippen LogP contribution in [0.4, 0.5) is 10.6 Å². The van der Waals surface area contributed by atoms with Crippen molar-refractivity contribution in [3.05, 3.63) is 71.9 Å². The van der Waals surface area contributed by atoms with E-state index in [1.807, 2.05) is 45.0 Å². The fraction of sp³-hybridized carbons (Fsp3) is 0.333. The van der Waals surface area contributed by atoms with Gasteiger partial charge in [0.25, 0.3) is 0 Å². The smallest absolute Gasteiger partial charge is 0.410 e. The molecule has 1 fully saturated rings. The molecule has 0 saturated carbocycles. The third-order valence-corrected chi connectivity index (χ3v) is 6.58. The lowest BCUT2D eigenvalue weighted by Gasteiger charge is -2.24. The predicted octanol–water partition coefficient (Wildman–Crippen LogP) is 5.40. The van der Waals surface area contributed by atoms with E-state index >= 15 is 0 Å². The zero-order valence-corrected chi connectivity index (χ0v) is 23.5. The molecule has 0 bridgehead atoms. The zero-order valence-electron chi connectivity index (χ0n) is 23.5. The second-order valence-corrected chi connectivity index (χ2v) is 10.9. The molecule has 41 heavy (non-hydrogen) atoms. The Morgan fingerprint density at radius 2 is 1.88 bits per heavy atom. The number of carboxylic acids is 1. The van der Waals surface area contributed by atoms with Gasteiger partial charge < -0.3 is 29.5 Å². The number of carbonyl (C=O) groups excluding carboxylic acids is 1. The van der Waals surface area contributed by atoms with Gasteiger partial charge >= 0.3 is 12.1 Å². The van der Waals surface area contributed by atoms with Crippen molar-refractivity contribution in [3.8, 4) is 17.2 Å². The average molecular weight is 560 g/mol. The van der Waals surface area contributed by atoms with Crippen LogP contribution in [0.2, 0.25) is 0 Å². The SMILES string of the molecule is COc1ccc(Cn2nc(N[C@H]3CCN(C(=O)OC(C)(C)C)C3)c3c(Oc4cccc(C(=O)O)c4)ccnc32)cc1. The monoisotopic (exact) mass is 559 g/mol. The number of pyridine rings is 1. The van der Waals surface area contributed by atoms with Crippen LogP contribution in [0, 0.1) is 0 Å². The molecule has 2 aromatic carbocycles. The lowest BCUT2D eigenvalue weighted by Crippen LogP contribution is -2.36. The number of amides is 1. The first-order valence-electron chi connectivity index (χ1n) is 13.3. The van der Waals surface area contributed by atoms with Crippen molar-refractivity contribution in [2.24, 2.45) is 0 Å². The van der Waals surface area contributed by atoms with Crippen molar-refractivity contribution in [1.82, 2.24) is 19.7 Å². The van der Waals surface area contributed by atoms with E-state index in [-0.39, 0.29) is 17.7 Å². The fourth-order valence-electron chi connectivity index (χ4n) is 4.65. The molecule has 1 aliphatic heterocycles. The summed E-state index contributed by atoms with van der Waals surface area (Å²) in [6.07, 6.45) is 2.00. The highest BCUT2D eigenvalue weighted by Gasteiger charge is 2.31. The van der Waals surface area contributed by atoms with Crippen LogP contribution in [0.3, 0.4) is 0 Å².